The van der Waals surface area contributed by atoms with Crippen LogP contribution in [0.2, 0.25) is 0 Å². The summed E-state index contributed by atoms with van der Waals surface area (Å²) in [7, 11) is 0. The first-order valence-electron chi connectivity index (χ1n) is 21.4. The minimum absolute atomic E-state index is 0.124. The molecule has 0 heterocycles. The highest BCUT2D eigenvalue weighted by molar-refractivity contribution is 5.86. The Kier molecular flexibility index (Phi) is 35.3. The number of unbranched alkanes of at least 4 members (excludes halogenated alkanes) is 11. The van der Waals surface area contributed by atoms with Gasteiger partial charge in [0.25, 0.3) is 0 Å². The van der Waals surface area contributed by atoms with Gasteiger partial charge in [0.05, 0.1) is 24.4 Å². The second kappa shape index (κ2) is 37.5. The van der Waals surface area contributed by atoms with Crippen molar-refractivity contribution in [1.29, 1.82) is 0 Å². The number of carbonyl (C=O) groups is 2. The van der Waals surface area contributed by atoms with Gasteiger partial charge in [-0.05, 0) is 76.7 Å². The van der Waals surface area contributed by atoms with Crippen molar-refractivity contribution >= 4 is 11.8 Å². The third-order valence-electron chi connectivity index (χ3n) is 9.60. The summed E-state index contributed by atoms with van der Waals surface area (Å²) in [5, 5.41) is 97.3. The van der Waals surface area contributed by atoms with Gasteiger partial charge in [0, 0.05) is 25.2 Å². The summed E-state index contributed by atoms with van der Waals surface area (Å²) in [6.45, 7) is 0. The summed E-state index contributed by atoms with van der Waals surface area (Å²) >= 11 is 0. The third-order valence-corrected chi connectivity index (χ3v) is 9.60. The summed E-state index contributed by atoms with van der Waals surface area (Å²) < 4.78 is 0. The number of carboxylic acid groups (broad SMARTS) is 1. The monoisotopic (exact) mass is 829 g/mol. The van der Waals surface area contributed by atoms with E-state index in [2.05, 4.69) is 35.7 Å². The maximum atomic E-state index is 12.2. The zero-order chi connectivity index (χ0) is 44.1. The van der Waals surface area contributed by atoms with Gasteiger partial charge in [0.1, 0.15) is 30.2 Å². The Bertz CT molecular complexity index is 1400. The topological polar surface area (TPSA) is 236 Å². The zero-order valence-electron chi connectivity index (χ0n) is 34.8. The second-order valence-corrected chi connectivity index (χ2v) is 15.1. The lowest BCUT2D eigenvalue weighted by Crippen LogP contribution is -2.36. The van der Waals surface area contributed by atoms with E-state index in [1.54, 1.807) is 5.92 Å². The summed E-state index contributed by atoms with van der Waals surface area (Å²) in [5.74, 6) is 14.8. The second-order valence-electron chi connectivity index (χ2n) is 15.1. The van der Waals surface area contributed by atoms with Crippen molar-refractivity contribution in [3.05, 3.63) is 24.3 Å². The summed E-state index contributed by atoms with van der Waals surface area (Å²) in [4.78, 5) is 22.6. The lowest BCUT2D eigenvalue weighted by atomic mass is 10.0. The van der Waals surface area contributed by atoms with Crippen molar-refractivity contribution in [3.8, 4) is 47.9 Å². The first-order chi connectivity index (χ1) is 28.2. The Labute approximate surface area is 352 Å². The largest absolute Gasteiger partial charge is 0.472 e. The molecule has 332 valence electrons. The Morgan fingerprint density at radius 2 is 1.19 bits per heavy atom. The molecule has 0 aromatic rings. The van der Waals surface area contributed by atoms with E-state index in [1.807, 2.05) is 12.0 Å². The number of aliphatic hydroxyl groups excluding tert-OH is 9. The van der Waals surface area contributed by atoms with Crippen molar-refractivity contribution in [1.82, 2.24) is 0 Å². The fraction of sp³-hybridized carbons (Fsp3) is 0.702. The van der Waals surface area contributed by atoms with E-state index >= 15 is 0 Å². The lowest BCUT2D eigenvalue weighted by molar-refractivity contribution is -0.130. The van der Waals surface area contributed by atoms with Gasteiger partial charge in [-0.3, -0.25) is 4.79 Å². The van der Waals surface area contributed by atoms with Crippen LogP contribution in [0.3, 0.4) is 0 Å². The van der Waals surface area contributed by atoms with Gasteiger partial charge in [-0.2, -0.15) is 0 Å². The molecule has 10 N–H and O–H groups in total. The molecule has 9 atom stereocenters. The number of aliphatic hydroxyl groups is 9. The van der Waals surface area contributed by atoms with Gasteiger partial charge < -0.3 is 51.1 Å². The Hall–Kier alpha value is -3.50. The van der Waals surface area contributed by atoms with E-state index < -0.39 is 54.8 Å². The maximum Gasteiger partial charge on any atom is 0.381 e. The summed E-state index contributed by atoms with van der Waals surface area (Å²) in [5.41, 5.74) is 0. The molecule has 0 aromatic carbocycles. The van der Waals surface area contributed by atoms with Gasteiger partial charge in [-0.15, -0.1) is 6.42 Å². The predicted octanol–water partition coefficient (Wildman–Crippen LogP) is 4.01. The van der Waals surface area contributed by atoms with E-state index in [0.29, 0.717) is 64.2 Å². The van der Waals surface area contributed by atoms with E-state index in [-0.39, 0.29) is 18.3 Å². The number of hydrogen-bond donors (Lipinski definition) is 10. The van der Waals surface area contributed by atoms with Crippen molar-refractivity contribution in [2.24, 2.45) is 0 Å². The molecule has 9 unspecified atom stereocenters. The van der Waals surface area contributed by atoms with Gasteiger partial charge in [-0.1, -0.05) is 118 Å². The van der Waals surface area contributed by atoms with E-state index in [0.717, 1.165) is 83.5 Å². The lowest BCUT2D eigenvalue weighted by Gasteiger charge is -2.19. The molecular formula is C47H72O12. The third kappa shape index (κ3) is 36.1. The number of hydrogen-bond acceptors (Lipinski definition) is 11. The number of terminal acetylenes is 1. The molecule has 12 nitrogen and oxygen atoms in total. The van der Waals surface area contributed by atoms with E-state index in [4.69, 9.17) is 11.5 Å². The molecule has 0 bridgehead atoms. The highest BCUT2D eigenvalue weighted by atomic mass is 16.4. The van der Waals surface area contributed by atoms with Gasteiger partial charge in [0.2, 0.25) is 0 Å². The normalized spacial score (nSPS) is 15.9. The van der Waals surface area contributed by atoms with Crippen LogP contribution in [0, 0.1) is 47.9 Å². The maximum absolute atomic E-state index is 12.2. The Morgan fingerprint density at radius 1 is 0.576 bits per heavy atom. The molecule has 0 aromatic heterocycles. The van der Waals surface area contributed by atoms with Crippen molar-refractivity contribution in [3.63, 3.8) is 0 Å². The molecular weight excluding hydrogens is 757 g/mol. The number of ketones is 1. The van der Waals surface area contributed by atoms with Crippen LogP contribution >= 0.6 is 0 Å². The minimum atomic E-state index is -1.60. The number of carbonyl (C=O) groups excluding carboxylic acids is 1. The molecule has 0 spiro atoms. The number of rotatable bonds is 33. The van der Waals surface area contributed by atoms with E-state index in [9.17, 15) is 55.5 Å². The molecule has 0 amide bonds. The van der Waals surface area contributed by atoms with Crippen LogP contribution in [0.25, 0.3) is 0 Å². The molecule has 0 saturated carbocycles. The number of allylic oxidation sites excluding steroid dienone is 1. The Morgan fingerprint density at radius 3 is 1.83 bits per heavy atom. The summed E-state index contributed by atoms with van der Waals surface area (Å²) in [6.07, 6.45) is 20.1. The SMILES string of the molecule is C#CC(O)/C=C/C(O)CCCC(O)CC#CC(O)C#CC(O)CCCC(=O)CCCC/C=C/CC(O)CCCCCCCCCCCCC(O)C(O)C(O)C#CC(=O)O. The van der Waals surface area contributed by atoms with Crippen LogP contribution in [0.4, 0.5) is 0 Å². The number of aliphatic carboxylic acids is 1. The first-order valence-corrected chi connectivity index (χ1v) is 21.4. The zero-order valence-corrected chi connectivity index (χ0v) is 34.8. The van der Waals surface area contributed by atoms with Crippen molar-refractivity contribution in [2.75, 3.05) is 0 Å². The fourth-order valence-corrected chi connectivity index (χ4v) is 6.05. The minimum Gasteiger partial charge on any atom is -0.472 e. The van der Waals surface area contributed by atoms with Crippen LogP contribution < -0.4 is 0 Å². The number of carboxylic acids is 1. The molecule has 12 heteroatoms. The predicted molar refractivity (Wildman–Crippen MR) is 228 cm³/mol. The van der Waals surface area contributed by atoms with Crippen LogP contribution in [0.15, 0.2) is 24.3 Å². The molecule has 59 heavy (non-hydrogen) atoms. The number of Topliss-reactive ketones (excluding diaryl/α,β-unsaturated/α-hetero) is 1. The highest BCUT2D eigenvalue weighted by Gasteiger charge is 2.23. The molecule has 0 saturated heterocycles. The van der Waals surface area contributed by atoms with Crippen molar-refractivity contribution < 1.29 is 60.7 Å². The Balaban J connectivity index is 3.80. The molecule has 0 aliphatic rings. The molecule has 0 aliphatic heterocycles. The van der Waals surface area contributed by atoms with Crippen LogP contribution in [-0.4, -0.2) is 118 Å². The highest BCUT2D eigenvalue weighted by Crippen LogP contribution is 2.16. The average molecular weight is 829 g/mol. The first kappa shape index (κ1) is 55.5. The molecule has 0 rings (SSSR count). The standard InChI is InChI=1S/C47H72O12/c1-2-37(48)31-32-41(52)27-19-25-40(51)26-20-29-43(54)34-33-42(53)28-18-24-39(50)23-16-12-9-11-15-22-38(49)21-14-10-7-5-3-4-6-8-13-17-30-44(55)47(59)45(56)35-36-46(57)58/h1,11,15,31-32,37-38,40-45,47-49,51-56,59H,3-10,12-14,16-19,21-28,30H2,(H,57,58)/b15-11+,32-31+. The van der Waals surface area contributed by atoms with Gasteiger partial charge >= 0.3 is 5.97 Å². The van der Waals surface area contributed by atoms with Gasteiger partial charge in [-0.25, -0.2) is 4.79 Å². The van der Waals surface area contributed by atoms with E-state index in [1.165, 1.54) is 12.2 Å². The molecule has 0 radical (unpaired) electrons. The average Bonchev–Trinajstić information content (AvgIpc) is 3.20. The van der Waals surface area contributed by atoms with Crippen LogP contribution in [-0.2, 0) is 9.59 Å². The summed E-state index contributed by atoms with van der Waals surface area (Å²) in [6, 6.07) is 0. The quantitative estimate of drug-likeness (QED) is 0.0257. The smallest absolute Gasteiger partial charge is 0.381 e. The van der Waals surface area contributed by atoms with Gasteiger partial charge in [0.15, 0.2) is 6.10 Å². The van der Waals surface area contributed by atoms with Crippen LogP contribution in [0.5, 0.6) is 0 Å². The molecule has 0 aliphatic carbocycles. The molecule has 0 fully saturated rings. The fourth-order valence-electron chi connectivity index (χ4n) is 6.05. The van der Waals surface area contributed by atoms with Crippen LogP contribution in [0.1, 0.15) is 154 Å². The van der Waals surface area contributed by atoms with Crippen molar-refractivity contribution in [2.45, 2.75) is 209 Å².